The van der Waals surface area contributed by atoms with Gasteiger partial charge in [0.15, 0.2) is 0 Å². The SMILES string of the molecule is Cc1ccccc1CCN(CC(=O)O)C(=O)CCCn1c(C(F)(F)F)nc2ccccc21. The molecule has 0 atom stereocenters. The highest BCUT2D eigenvalue weighted by Crippen LogP contribution is 2.31. The number of rotatable bonds is 9. The minimum Gasteiger partial charge on any atom is -0.480 e. The summed E-state index contributed by atoms with van der Waals surface area (Å²) in [4.78, 5) is 28.8. The molecule has 0 spiro atoms. The summed E-state index contributed by atoms with van der Waals surface area (Å²) in [6.07, 6.45) is -4.06. The van der Waals surface area contributed by atoms with Crippen molar-refractivity contribution in [3.63, 3.8) is 0 Å². The third kappa shape index (κ3) is 5.66. The molecule has 0 fully saturated rings. The summed E-state index contributed by atoms with van der Waals surface area (Å²) in [5.74, 6) is -2.55. The van der Waals surface area contributed by atoms with Gasteiger partial charge in [-0.3, -0.25) is 9.59 Å². The maximum absolute atomic E-state index is 13.4. The number of hydrogen-bond acceptors (Lipinski definition) is 3. The van der Waals surface area contributed by atoms with Crippen molar-refractivity contribution in [1.29, 1.82) is 0 Å². The number of halogens is 3. The standard InChI is InChI=1S/C23H24F3N3O3/c1-16-7-2-3-8-17(16)12-14-28(15-21(31)32)20(30)11-6-13-29-19-10-5-4-9-18(19)27-22(29)23(24,25)26/h2-5,7-10H,6,11-15H2,1H3,(H,31,32). The summed E-state index contributed by atoms with van der Waals surface area (Å²) in [7, 11) is 0. The van der Waals surface area contributed by atoms with Crippen LogP contribution in [0.2, 0.25) is 0 Å². The molecular weight excluding hydrogens is 423 g/mol. The second kappa shape index (κ2) is 9.84. The lowest BCUT2D eigenvalue weighted by molar-refractivity contribution is -0.147. The van der Waals surface area contributed by atoms with Crippen LogP contribution in [0.15, 0.2) is 48.5 Å². The van der Waals surface area contributed by atoms with Gasteiger partial charge < -0.3 is 14.6 Å². The number of hydrogen-bond donors (Lipinski definition) is 1. The number of carboxylic acid groups (broad SMARTS) is 1. The highest BCUT2D eigenvalue weighted by atomic mass is 19.4. The molecule has 0 aliphatic rings. The van der Waals surface area contributed by atoms with Crippen LogP contribution >= 0.6 is 0 Å². The van der Waals surface area contributed by atoms with E-state index in [4.69, 9.17) is 0 Å². The summed E-state index contributed by atoms with van der Waals surface area (Å²) in [6, 6.07) is 13.9. The van der Waals surface area contributed by atoms with Gasteiger partial charge in [0.05, 0.1) is 11.0 Å². The third-order valence-electron chi connectivity index (χ3n) is 5.27. The van der Waals surface area contributed by atoms with Crippen molar-refractivity contribution in [2.75, 3.05) is 13.1 Å². The topological polar surface area (TPSA) is 75.4 Å². The molecule has 32 heavy (non-hydrogen) atoms. The number of alkyl halides is 3. The molecule has 1 N–H and O–H groups in total. The number of nitrogens with zero attached hydrogens (tertiary/aromatic N) is 3. The number of benzene rings is 2. The molecule has 170 valence electrons. The van der Waals surface area contributed by atoms with Gasteiger partial charge in [0.25, 0.3) is 0 Å². The largest absolute Gasteiger partial charge is 0.480 e. The first-order valence-corrected chi connectivity index (χ1v) is 10.2. The number of imidazole rings is 1. The van der Waals surface area contributed by atoms with Crippen LogP contribution in [0.1, 0.15) is 29.8 Å². The van der Waals surface area contributed by atoms with Crippen LogP contribution in [-0.2, 0) is 28.7 Å². The Hall–Kier alpha value is -3.36. The van der Waals surface area contributed by atoms with Gasteiger partial charge in [0.1, 0.15) is 6.54 Å². The van der Waals surface area contributed by atoms with Gasteiger partial charge in [-0.25, -0.2) is 4.98 Å². The fourth-order valence-electron chi connectivity index (χ4n) is 3.67. The molecule has 1 aromatic heterocycles. The van der Waals surface area contributed by atoms with Crippen LogP contribution < -0.4 is 0 Å². The van der Waals surface area contributed by atoms with Crippen LogP contribution in [-0.4, -0.2) is 44.5 Å². The van der Waals surface area contributed by atoms with E-state index in [0.29, 0.717) is 11.9 Å². The van der Waals surface area contributed by atoms with Crippen molar-refractivity contribution in [1.82, 2.24) is 14.5 Å². The number of carbonyl (C=O) groups excluding carboxylic acids is 1. The van der Waals surface area contributed by atoms with Gasteiger partial charge in [0.2, 0.25) is 11.7 Å². The van der Waals surface area contributed by atoms with E-state index >= 15 is 0 Å². The molecule has 9 heteroatoms. The van der Waals surface area contributed by atoms with Crippen molar-refractivity contribution in [3.8, 4) is 0 Å². The number of aryl methyl sites for hydroxylation is 2. The Labute approximate surface area is 183 Å². The van der Waals surface area contributed by atoms with Crippen LogP contribution in [0, 0.1) is 6.92 Å². The molecule has 0 saturated carbocycles. The molecule has 0 saturated heterocycles. The van der Waals surface area contributed by atoms with Gasteiger partial charge in [-0.1, -0.05) is 36.4 Å². The quantitative estimate of drug-likeness (QED) is 0.531. The third-order valence-corrected chi connectivity index (χ3v) is 5.27. The Morgan fingerprint density at radius 2 is 1.78 bits per heavy atom. The fraction of sp³-hybridized carbons (Fsp3) is 0.348. The van der Waals surface area contributed by atoms with Crippen LogP contribution in [0.25, 0.3) is 11.0 Å². The number of carboxylic acids is 1. The molecule has 0 bridgehead atoms. The number of carbonyl (C=O) groups is 2. The first-order chi connectivity index (χ1) is 15.2. The Bertz CT molecular complexity index is 1110. The highest BCUT2D eigenvalue weighted by molar-refractivity contribution is 5.81. The lowest BCUT2D eigenvalue weighted by Crippen LogP contribution is -2.37. The summed E-state index contributed by atoms with van der Waals surface area (Å²) in [5, 5.41) is 9.17. The number of para-hydroxylation sites is 2. The lowest BCUT2D eigenvalue weighted by Gasteiger charge is -2.21. The first-order valence-electron chi connectivity index (χ1n) is 10.2. The second-order valence-electron chi connectivity index (χ2n) is 7.56. The van der Waals surface area contributed by atoms with E-state index in [1.165, 1.54) is 11.0 Å². The molecular formula is C23H24F3N3O3. The van der Waals surface area contributed by atoms with E-state index in [2.05, 4.69) is 4.98 Å². The molecule has 1 amide bonds. The van der Waals surface area contributed by atoms with Crippen molar-refractivity contribution >= 4 is 22.9 Å². The molecule has 3 aromatic rings. The van der Waals surface area contributed by atoms with Crippen LogP contribution in [0.4, 0.5) is 13.2 Å². The Morgan fingerprint density at radius 3 is 2.47 bits per heavy atom. The van der Waals surface area contributed by atoms with E-state index in [0.717, 1.165) is 15.7 Å². The lowest BCUT2D eigenvalue weighted by atomic mass is 10.1. The van der Waals surface area contributed by atoms with E-state index in [1.54, 1.807) is 18.2 Å². The van der Waals surface area contributed by atoms with Gasteiger partial charge in [0, 0.05) is 19.5 Å². The van der Waals surface area contributed by atoms with Gasteiger partial charge >= 0.3 is 12.1 Å². The number of amides is 1. The molecule has 3 rings (SSSR count). The average molecular weight is 447 g/mol. The second-order valence-corrected chi connectivity index (χ2v) is 7.56. The maximum atomic E-state index is 13.4. The number of aliphatic carboxylic acids is 1. The maximum Gasteiger partial charge on any atom is 0.449 e. The van der Waals surface area contributed by atoms with E-state index in [-0.39, 0.29) is 31.4 Å². The zero-order chi connectivity index (χ0) is 23.3. The molecule has 2 aromatic carbocycles. The van der Waals surface area contributed by atoms with Crippen molar-refractivity contribution in [3.05, 3.63) is 65.5 Å². The molecule has 0 radical (unpaired) electrons. The molecule has 0 aliphatic heterocycles. The fourth-order valence-corrected chi connectivity index (χ4v) is 3.67. The van der Waals surface area contributed by atoms with Crippen molar-refractivity contribution < 1.29 is 27.9 Å². The van der Waals surface area contributed by atoms with E-state index in [9.17, 15) is 27.9 Å². The minimum absolute atomic E-state index is 0.0558. The van der Waals surface area contributed by atoms with E-state index in [1.807, 2.05) is 31.2 Å². The van der Waals surface area contributed by atoms with Crippen molar-refractivity contribution in [2.45, 2.75) is 38.9 Å². The van der Waals surface area contributed by atoms with Crippen molar-refractivity contribution in [2.24, 2.45) is 0 Å². The van der Waals surface area contributed by atoms with E-state index < -0.39 is 30.4 Å². The summed E-state index contributed by atoms with van der Waals surface area (Å²) in [6.45, 7) is 1.65. The molecule has 0 unspecified atom stereocenters. The Kier molecular flexibility index (Phi) is 7.17. The zero-order valence-electron chi connectivity index (χ0n) is 17.6. The Morgan fingerprint density at radius 1 is 1.09 bits per heavy atom. The minimum atomic E-state index is -4.62. The molecule has 6 nitrogen and oxygen atoms in total. The van der Waals surface area contributed by atoms with Crippen LogP contribution in [0.3, 0.4) is 0 Å². The smallest absolute Gasteiger partial charge is 0.449 e. The predicted molar refractivity (Wildman–Crippen MR) is 113 cm³/mol. The molecule has 1 heterocycles. The molecule has 0 aliphatic carbocycles. The average Bonchev–Trinajstić information content (AvgIpc) is 3.11. The summed E-state index contributed by atoms with van der Waals surface area (Å²) >= 11 is 0. The van der Waals surface area contributed by atoms with Crippen LogP contribution in [0.5, 0.6) is 0 Å². The zero-order valence-corrected chi connectivity index (χ0v) is 17.6. The first kappa shape index (κ1) is 23.3. The highest BCUT2D eigenvalue weighted by Gasteiger charge is 2.37. The monoisotopic (exact) mass is 447 g/mol. The Balaban J connectivity index is 1.68. The normalized spacial score (nSPS) is 11.6. The van der Waals surface area contributed by atoms with Gasteiger partial charge in [-0.15, -0.1) is 0 Å². The predicted octanol–water partition coefficient (Wildman–Crippen LogP) is 4.30. The number of aromatic nitrogens is 2. The van der Waals surface area contributed by atoms with Gasteiger partial charge in [-0.05, 0) is 43.0 Å². The summed E-state index contributed by atoms with van der Waals surface area (Å²) in [5.41, 5.74) is 2.63. The number of fused-ring (bicyclic) bond motifs is 1. The van der Waals surface area contributed by atoms with Gasteiger partial charge in [-0.2, -0.15) is 13.2 Å². The summed E-state index contributed by atoms with van der Waals surface area (Å²) < 4.78 is 41.3.